The summed E-state index contributed by atoms with van der Waals surface area (Å²) in [6, 6.07) is 13.5. The summed E-state index contributed by atoms with van der Waals surface area (Å²) < 4.78 is 8.09. The highest BCUT2D eigenvalue weighted by atomic mass is 79.9. The Morgan fingerprint density at radius 2 is 2.08 bits per heavy atom. The summed E-state index contributed by atoms with van der Waals surface area (Å²) in [7, 11) is 0. The van der Waals surface area contributed by atoms with Crippen LogP contribution in [0, 0.1) is 0 Å². The van der Waals surface area contributed by atoms with Crippen LogP contribution in [0.5, 0.6) is 0 Å². The predicted molar refractivity (Wildman–Crippen MR) is 94.2 cm³/mol. The van der Waals surface area contributed by atoms with Gasteiger partial charge in [0.15, 0.2) is 0 Å². The van der Waals surface area contributed by atoms with Crippen molar-refractivity contribution in [3.63, 3.8) is 0 Å². The number of allylic oxidation sites excluding steroid dienone is 1. The second kappa shape index (κ2) is 6.01. The molecule has 2 aromatic carbocycles. The lowest BCUT2D eigenvalue weighted by Gasteiger charge is -1.98. The molecule has 2 aromatic heterocycles. The second-order valence-corrected chi connectivity index (χ2v) is 6.02. The summed E-state index contributed by atoms with van der Waals surface area (Å²) in [5.41, 5.74) is 3.40. The van der Waals surface area contributed by atoms with Crippen molar-refractivity contribution in [2.24, 2.45) is 0 Å². The van der Waals surface area contributed by atoms with Gasteiger partial charge in [0.2, 0.25) is 5.82 Å². The van der Waals surface area contributed by atoms with Crippen LogP contribution in [0.2, 0.25) is 0 Å². The number of hydrogen-bond donors (Lipinski definition) is 0. The first kappa shape index (κ1) is 14.8. The minimum Gasteiger partial charge on any atom is -0.334 e. The van der Waals surface area contributed by atoms with Gasteiger partial charge in [-0.1, -0.05) is 28.6 Å². The number of aromatic nitrogens is 5. The van der Waals surface area contributed by atoms with Gasteiger partial charge in [-0.15, -0.1) is 11.7 Å². The van der Waals surface area contributed by atoms with Crippen LogP contribution in [0.25, 0.3) is 33.9 Å². The molecule has 0 N–H and O–H groups in total. The molecule has 24 heavy (non-hydrogen) atoms. The summed E-state index contributed by atoms with van der Waals surface area (Å²) in [6.07, 6.45) is 1.78. The number of hydrogen-bond acceptors (Lipinski definition) is 5. The van der Waals surface area contributed by atoms with Crippen molar-refractivity contribution < 1.29 is 4.52 Å². The molecule has 0 aliphatic heterocycles. The lowest BCUT2D eigenvalue weighted by molar-refractivity contribution is 0.432. The number of benzene rings is 2. The maximum atomic E-state index is 5.40. The molecule has 118 valence electrons. The zero-order valence-electron chi connectivity index (χ0n) is 12.6. The molecule has 7 heteroatoms. The van der Waals surface area contributed by atoms with Crippen LogP contribution in [0.4, 0.5) is 0 Å². The first-order valence-electron chi connectivity index (χ1n) is 7.29. The lowest BCUT2D eigenvalue weighted by Crippen LogP contribution is -1.96. The van der Waals surface area contributed by atoms with Crippen molar-refractivity contribution >= 4 is 27.0 Å². The van der Waals surface area contributed by atoms with Crippen LogP contribution in [0.1, 0.15) is 0 Å². The number of fused-ring (bicyclic) bond motifs is 1. The van der Waals surface area contributed by atoms with E-state index in [0.29, 0.717) is 18.3 Å². The van der Waals surface area contributed by atoms with Crippen molar-refractivity contribution in [1.82, 2.24) is 25.1 Å². The fourth-order valence-electron chi connectivity index (χ4n) is 2.45. The van der Waals surface area contributed by atoms with Crippen LogP contribution in [0.3, 0.4) is 0 Å². The van der Waals surface area contributed by atoms with Crippen molar-refractivity contribution in [2.45, 2.75) is 6.54 Å². The van der Waals surface area contributed by atoms with Gasteiger partial charge in [-0.05, 0) is 46.3 Å². The van der Waals surface area contributed by atoms with E-state index in [4.69, 9.17) is 4.52 Å². The molecular weight excluding hydrogens is 370 g/mol. The fraction of sp³-hybridized carbons (Fsp3) is 0.0588. The molecule has 0 spiro atoms. The van der Waals surface area contributed by atoms with Crippen LogP contribution in [-0.4, -0.2) is 25.1 Å². The largest absolute Gasteiger partial charge is 0.334 e. The zero-order chi connectivity index (χ0) is 16.5. The summed E-state index contributed by atoms with van der Waals surface area (Å²) in [4.78, 5) is 4.48. The molecule has 0 bridgehead atoms. The molecule has 4 aromatic rings. The Morgan fingerprint density at radius 1 is 1.21 bits per heavy atom. The SMILES string of the molecule is C=CCn1nnc2cc(-c3noc(-c4ccccc4Br)n3)ccc21. The van der Waals surface area contributed by atoms with E-state index in [2.05, 4.69) is 43.0 Å². The quantitative estimate of drug-likeness (QED) is 0.497. The van der Waals surface area contributed by atoms with E-state index in [1.54, 1.807) is 10.8 Å². The minimum atomic E-state index is 0.466. The highest BCUT2D eigenvalue weighted by Crippen LogP contribution is 2.29. The standard InChI is InChI=1S/C17H12BrN5O/c1-2-9-23-15-8-7-11(10-14(15)20-22-23)16-19-17(24-21-16)12-5-3-4-6-13(12)18/h2-8,10H,1,9H2. The van der Waals surface area contributed by atoms with Crippen molar-refractivity contribution in [3.05, 3.63) is 59.6 Å². The molecule has 4 rings (SSSR count). The van der Waals surface area contributed by atoms with Gasteiger partial charge in [0.25, 0.3) is 5.89 Å². The Balaban J connectivity index is 1.73. The number of rotatable bonds is 4. The van der Waals surface area contributed by atoms with E-state index >= 15 is 0 Å². The maximum Gasteiger partial charge on any atom is 0.259 e. The Kier molecular flexibility index (Phi) is 3.70. The molecule has 0 radical (unpaired) electrons. The van der Waals surface area contributed by atoms with Gasteiger partial charge in [0.05, 0.1) is 17.6 Å². The summed E-state index contributed by atoms with van der Waals surface area (Å²) in [5.74, 6) is 0.980. The van der Waals surface area contributed by atoms with E-state index < -0.39 is 0 Å². The monoisotopic (exact) mass is 381 g/mol. The van der Waals surface area contributed by atoms with Crippen LogP contribution in [-0.2, 0) is 6.54 Å². The molecule has 0 unspecified atom stereocenters. The topological polar surface area (TPSA) is 69.6 Å². The van der Waals surface area contributed by atoms with Gasteiger partial charge in [-0.2, -0.15) is 4.98 Å². The highest BCUT2D eigenvalue weighted by Gasteiger charge is 2.14. The highest BCUT2D eigenvalue weighted by molar-refractivity contribution is 9.10. The molecular formula is C17H12BrN5O. The Bertz CT molecular complexity index is 1040. The Hall–Kier alpha value is -2.80. The summed E-state index contributed by atoms with van der Waals surface area (Å²) >= 11 is 3.49. The molecule has 0 amide bonds. The van der Waals surface area contributed by atoms with Gasteiger partial charge in [0.1, 0.15) is 5.52 Å². The molecule has 0 fully saturated rings. The summed E-state index contributed by atoms with van der Waals surface area (Å²) in [6.45, 7) is 4.34. The maximum absolute atomic E-state index is 5.40. The zero-order valence-corrected chi connectivity index (χ0v) is 14.1. The number of halogens is 1. The predicted octanol–water partition coefficient (Wildman–Crippen LogP) is 4.10. The van der Waals surface area contributed by atoms with Crippen molar-refractivity contribution in [3.8, 4) is 22.8 Å². The lowest BCUT2D eigenvalue weighted by atomic mass is 10.2. The molecule has 0 saturated carbocycles. The first-order chi connectivity index (χ1) is 11.8. The first-order valence-corrected chi connectivity index (χ1v) is 8.08. The van der Waals surface area contributed by atoms with Crippen LogP contribution in [0.15, 0.2) is 64.1 Å². The normalized spacial score (nSPS) is 11.0. The van der Waals surface area contributed by atoms with Gasteiger partial charge in [-0.25, -0.2) is 4.68 Å². The van der Waals surface area contributed by atoms with Crippen LogP contribution < -0.4 is 0 Å². The van der Waals surface area contributed by atoms with E-state index in [1.165, 1.54) is 0 Å². The molecule has 6 nitrogen and oxygen atoms in total. The molecule has 0 aliphatic rings. The average molecular weight is 382 g/mol. The molecule has 2 heterocycles. The fourth-order valence-corrected chi connectivity index (χ4v) is 2.91. The van der Waals surface area contributed by atoms with E-state index in [9.17, 15) is 0 Å². The van der Waals surface area contributed by atoms with E-state index in [0.717, 1.165) is 26.6 Å². The summed E-state index contributed by atoms with van der Waals surface area (Å²) in [5, 5.41) is 12.4. The van der Waals surface area contributed by atoms with E-state index in [-0.39, 0.29) is 0 Å². The average Bonchev–Trinajstić information content (AvgIpc) is 3.23. The third-order valence-corrected chi connectivity index (χ3v) is 4.30. The third-order valence-electron chi connectivity index (χ3n) is 3.60. The van der Waals surface area contributed by atoms with Gasteiger partial charge in [0, 0.05) is 10.0 Å². The molecule has 0 atom stereocenters. The van der Waals surface area contributed by atoms with Crippen LogP contribution >= 0.6 is 15.9 Å². The second-order valence-electron chi connectivity index (χ2n) is 5.17. The van der Waals surface area contributed by atoms with Crippen molar-refractivity contribution in [1.29, 1.82) is 0 Å². The number of nitrogens with zero attached hydrogens (tertiary/aromatic N) is 5. The Labute approximate surface area is 145 Å². The Morgan fingerprint density at radius 3 is 2.92 bits per heavy atom. The van der Waals surface area contributed by atoms with Gasteiger partial charge >= 0.3 is 0 Å². The molecule has 0 saturated heterocycles. The van der Waals surface area contributed by atoms with E-state index in [1.807, 2.05) is 42.5 Å². The van der Waals surface area contributed by atoms with Gasteiger partial charge in [-0.3, -0.25) is 0 Å². The molecule has 0 aliphatic carbocycles. The third kappa shape index (κ3) is 2.52. The smallest absolute Gasteiger partial charge is 0.259 e. The minimum absolute atomic E-state index is 0.466. The van der Waals surface area contributed by atoms with Gasteiger partial charge < -0.3 is 4.52 Å². The van der Waals surface area contributed by atoms with Crippen molar-refractivity contribution in [2.75, 3.05) is 0 Å².